The first-order valence-corrected chi connectivity index (χ1v) is 9.25. The predicted octanol–water partition coefficient (Wildman–Crippen LogP) is 4.80. The molecule has 0 unspecified atom stereocenters. The molecule has 0 fully saturated rings. The zero-order chi connectivity index (χ0) is 21.9. The first-order valence-electron chi connectivity index (χ1n) is 9.25. The Hall–Kier alpha value is -3.81. The van der Waals surface area contributed by atoms with E-state index in [4.69, 9.17) is 10.5 Å². The number of nitrogens with zero attached hydrogens (tertiary/aromatic N) is 1. The molecule has 3 rings (SSSR count). The van der Waals surface area contributed by atoms with Crippen molar-refractivity contribution in [3.63, 3.8) is 0 Å². The molecule has 7 nitrogen and oxygen atoms in total. The summed E-state index contributed by atoms with van der Waals surface area (Å²) in [6, 6.07) is 12.2. The number of nitrogens with two attached hydrogens (primary N) is 1. The van der Waals surface area contributed by atoms with Crippen molar-refractivity contribution >= 4 is 29.1 Å². The van der Waals surface area contributed by atoms with Gasteiger partial charge in [-0.1, -0.05) is 0 Å². The van der Waals surface area contributed by atoms with E-state index < -0.39 is 17.6 Å². The van der Waals surface area contributed by atoms with Gasteiger partial charge in [0, 0.05) is 29.5 Å². The van der Waals surface area contributed by atoms with Gasteiger partial charge in [-0.3, -0.25) is 10.1 Å². The Morgan fingerprint density at radius 2 is 1.70 bits per heavy atom. The van der Waals surface area contributed by atoms with Crippen molar-refractivity contribution in [3.8, 4) is 5.69 Å². The number of aromatic nitrogens is 1. The summed E-state index contributed by atoms with van der Waals surface area (Å²) in [6.07, 6.45) is 2.91. The molecule has 30 heavy (non-hydrogen) atoms. The van der Waals surface area contributed by atoms with Crippen LogP contribution in [0.1, 0.15) is 31.1 Å². The lowest BCUT2D eigenvalue weighted by atomic mass is 10.1. The highest BCUT2D eigenvalue weighted by molar-refractivity contribution is 6.07. The maximum Gasteiger partial charge on any atom is 0.412 e. The van der Waals surface area contributed by atoms with Crippen LogP contribution in [0.25, 0.3) is 5.69 Å². The standard InChI is InChI=1S/C22H23FN4O3/c1-22(2,3)30-21(29)26-16-10-11-27(13-16)17-8-9-18(19(24)12-17)20(28)25-15-6-4-14(23)5-7-15/h4-13H,24H2,1-3H3,(H,25,28)(H,26,29). The number of nitrogens with one attached hydrogen (secondary N) is 2. The first kappa shape index (κ1) is 20.9. The highest BCUT2D eigenvalue weighted by Gasteiger charge is 2.17. The minimum atomic E-state index is -0.592. The average Bonchev–Trinajstić information content (AvgIpc) is 3.10. The van der Waals surface area contributed by atoms with E-state index in [1.807, 2.05) is 0 Å². The molecule has 1 aromatic heterocycles. The summed E-state index contributed by atoms with van der Waals surface area (Å²) < 4.78 is 20.0. The number of benzene rings is 2. The SMILES string of the molecule is CC(C)(C)OC(=O)Nc1ccn(-c2ccc(C(=O)Nc3ccc(F)cc3)c(N)c2)c1. The van der Waals surface area contributed by atoms with Crippen molar-refractivity contribution in [2.75, 3.05) is 16.4 Å². The van der Waals surface area contributed by atoms with E-state index >= 15 is 0 Å². The number of carbonyl (C=O) groups is 2. The minimum Gasteiger partial charge on any atom is -0.444 e. The van der Waals surface area contributed by atoms with Crippen LogP contribution in [-0.4, -0.2) is 22.2 Å². The Labute approximate surface area is 173 Å². The lowest BCUT2D eigenvalue weighted by Gasteiger charge is -2.19. The second kappa shape index (κ2) is 8.28. The third kappa shape index (κ3) is 5.38. The quantitative estimate of drug-likeness (QED) is 0.538. The maximum absolute atomic E-state index is 13.0. The fraction of sp³-hybridized carbons (Fsp3) is 0.182. The maximum atomic E-state index is 13.0. The third-order valence-corrected chi connectivity index (χ3v) is 4.02. The van der Waals surface area contributed by atoms with Gasteiger partial charge in [-0.25, -0.2) is 9.18 Å². The van der Waals surface area contributed by atoms with Crippen LogP contribution in [0.3, 0.4) is 0 Å². The molecule has 2 amide bonds. The second-order valence-electron chi connectivity index (χ2n) is 7.67. The van der Waals surface area contributed by atoms with Crippen molar-refractivity contribution in [2.45, 2.75) is 26.4 Å². The zero-order valence-electron chi connectivity index (χ0n) is 16.9. The van der Waals surface area contributed by atoms with Gasteiger partial charge in [-0.2, -0.15) is 0 Å². The molecule has 156 valence electrons. The van der Waals surface area contributed by atoms with Crippen LogP contribution in [0.4, 0.5) is 26.2 Å². The Kier molecular flexibility index (Phi) is 5.77. The van der Waals surface area contributed by atoms with Crippen LogP contribution in [0.15, 0.2) is 60.9 Å². The molecular weight excluding hydrogens is 387 g/mol. The van der Waals surface area contributed by atoms with Gasteiger partial charge in [0.25, 0.3) is 5.91 Å². The van der Waals surface area contributed by atoms with E-state index in [0.717, 1.165) is 0 Å². The first-order chi connectivity index (χ1) is 14.1. The van der Waals surface area contributed by atoms with E-state index in [1.54, 1.807) is 62.0 Å². The van der Waals surface area contributed by atoms with Crippen molar-refractivity contribution in [1.82, 2.24) is 4.57 Å². The largest absolute Gasteiger partial charge is 0.444 e. The van der Waals surface area contributed by atoms with Crippen molar-refractivity contribution in [3.05, 3.63) is 72.3 Å². The van der Waals surface area contributed by atoms with Gasteiger partial charge in [-0.15, -0.1) is 0 Å². The fourth-order valence-corrected chi connectivity index (χ4v) is 2.70. The molecule has 0 atom stereocenters. The third-order valence-electron chi connectivity index (χ3n) is 4.02. The number of ether oxygens (including phenoxy) is 1. The lowest BCUT2D eigenvalue weighted by Crippen LogP contribution is -2.27. The Morgan fingerprint density at radius 3 is 2.33 bits per heavy atom. The lowest BCUT2D eigenvalue weighted by molar-refractivity contribution is 0.0635. The van der Waals surface area contributed by atoms with Crippen LogP contribution in [-0.2, 0) is 4.74 Å². The molecule has 8 heteroatoms. The smallest absolute Gasteiger partial charge is 0.412 e. The van der Waals surface area contributed by atoms with E-state index in [0.29, 0.717) is 22.6 Å². The summed E-state index contributed by atoms with van der Waals surface area (Å²) in [6.45, 7) is 5.36. The van der Waals surface area contributed by atoms with Crippen LogP contribution in [0, 0.1) is 5.82 Å². The second-order valence-corrected chi connectivity index (χ2v) is 7.67. The molecule has 0 bridgehead atoms. The molecule has 0 aliphatic carbocycles. The van der Waals surface area contributed by atoms with Crippen molar-refractivity contribution in [2.24, 2.45) is 0 Å². The highest BCUT2D eigenvalue weighted by Crippen LogP contribution is 2.21. The number of rotatable bonds is 4. The molecule has 0 aliphatic rings. The van der Waals surface area contributed by atoms with Crippen LogP contribution < -0.4 is 16.4 Å². The van der Waals surface area contributed by atoms with Gasteiger partial charge < -0.3 is 20.4 Å². The van der Waals surface area contributed by atoms with E-state index in [1.165, 1.54) is 24.3 Å². The van der Waals surface area contributed by atoms with Crippen LogP contribution in [0.5, 0.6) is 0 Å². The van der Waals surface area contributed by atoms with Crippen molar-refractivity contribution < 1.29 is 18.7 Å². The number of amides is 2. The van der Waals surface area contributed by atoms with Gasteiger partial charge >= 0.3 is 6.09 Å². The molecule has 4 N–H and O–H groups in total. The number of anilines is 3. The molecule has 3 aromatic rings. The number of hydrogen-bond acceptors (Lipinski definition) is 4. The van der Waals surface area contributed by atoms with Gasteiger partial charge in [0.15, 0.2) is 0 Å². The van der Waals surface area contributed by atoms with Crippen molar-refractivity contribution in [1.29, 1.82) is 0 Å². The molecule has 0 spiro atoms. The Morgan fingerprint density at radius 1 is 1.00 bits per heavy atom. The Balaban J connectivity index is 1.71. The molecule has 0 saturated heterocycles. The van der Waals surface area contributed by atoms with E-state index in [2.05, 4.69) is 10.6 Å². The number of halogens is 1. The fourth-order valence-electron chi connectivity index (χ4n) is 2.70. The molecule has 1 heterocycles. The van der Waals surface area contributed by atoms with Crippen LogP contribution >= 0.6 is 0 Å². The average molecular weight is 410 g/mol. The van der Waals surface area contributed by atoms with E-state index in [9.17, 15) is 14.0 Å². The predicted molar refractivity (Wildman–Crippen MR) is 114 cm³/mol. The Bertz CT molecular complexity index is 1070. The summed E-state index contributed by atoms with van der Waals surface area (Å²) >= 11 is 0. The number of nitrogen functional groups attached to an aromatic ring is 1. The zero-order valence-corrected chi connectivity index (χ0v) is 16.9. The molecule has 0 saturated carbocycles. The molecule has 0 aliphatic heterocycles. The summed E-state index contributed by atoms with van der Waals surface area (Å²) in [5, 5.41) is 5.34. The molecule has 2 aromatic carbocycles. The number of hydrogen-bond donors (Lipinski definition) is 3. The monoisotopic (exact) mass is 410 g/mol. The van der Waals surface area contributed by atoms with E-state index in [-0.39, 0.29) is 11.5 Å². The summed E-state index contributed by atoms with van der Waals surface area (Å²) in [5.41, 5.74) is 7.79. The molecule has 0 radical (unpaired) electrons. The van der Waals surface area contributed by atoms with Gasteiger partial charge in [0.2, 0.25) is 0 Å². The normalized spacial score (nSPS) is 11.1. The number of carbonyl (C=O) groups excluding carboxylic acids is 2. The van der Waals surface area contributed by atoms with Gasteiger partial charge in [0.05, 0.1) is 11.3 Å². The van der Waals surface area contributed by atoms with Gasteiger partial charge in [-0.05, 0) is 69.3 Å². The highest BCUT2D eigenvalue weighted by atomic mass is 19.1. The summed E-state index contributed by atoms with van der Waals surface area (Å²) in [4.78, 5) is 24.3. The van der Waals surface area contributed by atoms with Crippen LogP contribution in [0.2, 0.25) is 0 Å². The van der Waals surface area contributed by atoms with Gasteiger partial charge in [0.1, 0.15) is 11.4 Å². The minimum absolute atomic E-state index is 0.280. The summed E-state index contributed by atoms with van der Waals surface area (Å²) in [5.74, 6) is -0.783. The topological polar surface area (TPSA) is 98.4 Å². The molecular formula is C22H23FN4O3. The summed E-state index contributed by atoms with van der Waals surface area (Å²) in [7, 11) is 0.